The molecule has 7 nitrogen and oxygen atoms in total. The average Bonchev–Trinajstić information content (AvgIpc) is 2.81. The van der Waals surface area contributed by atoms with Gasteiger partial charge in [-0.05, 0) is 19.1 Å². The van der Waals surface area contributed by atoms with Crippen molar-refractivity contribution >= 4 is 11.6 Å². The number of benzene rings is 1. The first-order chi connectivity index (χ1) is 9.54. The number of aryl methyl sites for hydroxylation is 1. The highest BCUT2D eigenvalue weighted by atomic mass is 16.5. The number of H-pyrrole nitrogens is 1. The molecule has 7 heteroatoms. The second kappa shape index (κ2) is 6.05. The molecule has 0 aliphatic rings. The standard InChI is InChI=1S/C13H17N5O2/c1-9-15-12(17-16-9)7-18(2)13(19)8-20-11-5-3-4-10(14)6-11/h3-6H,7-8,14H2,1-2H3,(H,15,16,17). The highest BCUT2D eigenvalue weighted by Crippen LogP contribution is 2.14. The number of carbonyl (C=O) groups is 1. The molecule has 20 heavy (non-hydrogen) atoms. The van der Waals surface area contributed by atoms with Gasteiger partial charge in [0.15, 0.2) is 12.4 Å². The van der Waals surface area contributed by atoms with Gasteiger partial charge >= 0.3 is 0 Å². The third-order valence-corrected chi connectivity index (χ3v) is 2.67. The summed E-state index contributed by atoms with van der Waals surface area (Å²) in [6, 6.07) is 6.95. The molecule has 0 fully saturated rings. The molecule has 1 heterocycles. The van der Waals surface area contributed by atoms with Crippen LogP contribution in [0.2, 0.25) is 0 Å². The van der Waals surface area contributed by atoms with Crippen molar-refractivity contribution in [2.24, 2.45) is 0 Å². The zero-order chi connectivity index (χ0) is 14.5. The lowest BCUT2D eigenvalue weighted by Crippen LogP contribution is -2.31. The topological polar surface area (TPSA) is 97.1 Å². The van der Waals surface area contributed by atoms with Gasteiger partial charge in [-0.2, -0.15) is 5.10 Å². The predicted molar refractivity (Wildman–Crippen MR) is 73.9 cm³/mol. The lowest BCUT2D eigenvalue weighted by Gasteiger charge is -2.15. The Bertz CT molecular complexity index is 596. The number of likely N-dealkylation sites (N-methyl/N-ethyl adjacent to an activating group) is 1. The van der Waals surface area contributed by atoms with E-state index in [1.807, 2.05) is 0 Å². The molecule has 2 rings (SSSR count). The summed E-state index contributed by atoms with van der Waals surface area (Å²) in [6.07, 6.45) is 0. The molecule has 0 spiro atoms. The fraction of sp³-hybridized carbons (Fsp3) is 0.308. The van der Waals surface area contributed by atoms with E-state index in [4.69, 9.17) is 10.5 Å². The van der Waals surface area contributed by atoms with Gasteiger partial charge in [-0.25, -0.2) is 4.98 Å². The van der Waals surface area contributed by atoms with E-state index >= 15 is 0 Å². The molecular weight excluding hydrogens is 258 g/mol. The van der Waals surface area contributed by atoms with Crippen LogP contribution in [0.3, 0.4) is 0 Å². The van der Waals surface area contributed by atoms with E-state index in [0.717, 1.165) is 5.82 Å². The number of rotatable bonds is 5. The van der Waals surface area contributed by atoms with Crippen LogP contribution in [0.5, 0.6) is 5.75 Å². The van der Waals surface area contributed by atoms with Crippen LogP contribution < -0.4 is 10.5 Å². The number of hydrogen-bond donors (Lipinski definition) is 2. The molecule has 0 saturated heterocycles. The van der Waals surface area contributed by atoms with Gasteiger partial charge in [-0.3, -0.25) is 9.89 Å². The Morgan fingerprint density at radius 3 is 2.95 bits per heavy atom. The van der Waals surface area contributed by atoms with Gasteiger partial charge in [0.1, 0.15) is 11.6 Å². The maximum Gasteiger partial charge on any atom is 0.260 e. The fourth-order valence-electron chi connectivity index (χ4n) is 1.62. The van der Waals surface area contributed by atoms with Crippen LogP contribution in [0.4, 0.5) is 5.69 Å². The van der Waals surface area contributed by atoms with Gasteiger partial charge < -0.3 is 15.4 Å². The molecule has 2 aromatic rings. The number of ether oxygens (including phenoxy) is 1. The number of hydrogen-bond acceptors (Lipinski definition) is 5. The Morgan fingerprint density at radius 1 is 1.50 bits per heavy atom. The number of aromatic nitrogens is 3. The van der Waals surface area contributed by atoms with Gasteiger partial charge in [0.05, 0.1) is 6.54 Å². The van der Waals surface area contributed by atoms with Crippen molar-refractivity contribution < 1.29 is 9.53 Å². The van der Waals surface area contributed by atoms with Crippen molar-refractivity contribution in [3.8, 4) is 5.75 Å². The summed E-state index contributed by atoms with van der Waals surface area (Å²) in [6.45, 7) is 2.09. The number of nitrogens with zero attached hydrogens (tertiary/aromatic N) is 3. The first-order valence-corrected chi connectivity index (χ1v) is 6.15. The van der Waals surface area contributed by atoms with E-state index in [9.17, 15) is 4.79 Å². The summed E-state index contributed by atoms with van der Waals surface area (Å²) in [5, 5.41) is 6.71. The van der Waals surface area contributed by atoms with E-state index in [2.05, 4.69) is 15.2 Å². The third kappa shape index (κ3) is 3.71. The normalized spacial score (nSPS) is 10.3. The molecule has 0 radical (unpaired) electrons. The highest BCUT2D eigenvalue weighted by molar-refractivity contribution is 5.77. The molecule has 0 aliphatic carbocycles. The summed E-state index contributed by atoms with van der Waals surface area (Å²) < 4.78 is 5.39. The van der Waals surface area contributed by atoms with Gasteiger partial charge in [-0.1, -0.05) is 6.07 Å². The summed E-state index contributed by atoms with van der Waals surface area (Å²) >= 11 is 0. The average molecular weight is 275 g/mol. The number of nitrogens with one attached hydrogen (secondary N) is 1. The number of aromatic amines is 1. The Kier molecular flexibility index (Phi) is 4.19. The van der Waals surface area contributed by atoms with Crippen molar-refractivity contribution in [3.63, 3.8) is 0 Å². The lowest BCUT2D eigenvalue weighted by atomic mass is 10.3. The number of amides is 1. The maximum atomic E-state index is 11.9. The molecular formula is C13H17N5O2. The first-order valence-electron chi connectivity index (χ1n) is 6.15. The van der Waals surface area contributed by atoms with Crippen LogP contribution in [0.1, 0.15) is 11.6 Å². The second-order valence-corrected chi connectivity index (χ2v) is 4.45. The second-order valence-electron chi connectivity index (χ2n) is 4.45. The smallest absolute Gasteiger partial charge is 0.260 e. The molecule has 0 bridgehead atoms. The Hall–Kier alpha value is -2.57. The molecule has 0 unspecified atom stereocenters. The van der Waals surface area contributed by atoms with Crippen molar-refractivity contribution in [1.29, 1.82) is 0 Å². The van der Waals surface area contributed by atoms with Crippen molar-refractivity contribution in [3.05, 3.63) is 35.9 Å². The molecule has 0 aliphatic heterocycles. The Balaban J connectivity index is 1.85. The molecule has 3 N–H and O–H groups in total. The molecule has 1 aromatic carbocycles. The number of carbonyl (C=O) groups excluding carboxylic acids is 1. The lowest BCUT2D eigenvalue weighted by molar-refractivity contribution is -0.132. The summed E-state index contributed by atoms with van der Waals surface area (Å²) in [7, 11) is 1.68. The van der Waals surface area contributed by atoms with E-state index in [1.165, 1.54) is 4.90 Å². The largest absolute Gasteiger partial charge is 0.484 e. The zero-order valence-electron chi connectivity index (χ0n) is 11.5. The molecule has 0 saturated carbocycles. The Morgan fingerprint density at radius 2 is 2.30 bits per heavy atom. The Labute approximate surface area is 116 Å². The van der Waals surface area contributed by atoms with Crippen LogP contribution in [-0.2, 0) is 11.3 Å². The van der Waals surface area contributed by atoms with E-state index in [1.54, 1.807) is 38.2 Å². The van der Waals surface area contributed by atoms with Gasteiger partial charge in [-0.15, -0.1) is 0 Å². The van der Waals surface area contributed by atoms with Gasteiger partial charge in [0, 0.05) is 18.8 Å². The SMILES string of the molecule is Cc1nc(CN(C)C(=O)COc2cccc(N)c2)n[nH]1. The van der Waals surface area contributed by atoms with Crippen LogP contribution in [0, 0.1) is 6.92 Å². The fourth-order valence-corrected chi connectivity index (χ4v) is 1.62. The van der Waals surface area contributed by atoms with Gasteiger partial charge in [0.25, 0.3) is 5.91 Å². The minimum Gasteiger partial charge on any atom is -0.484 e. The van der Waals surface area contributed by atoms with Crippen LogP contribution in [0.15, 0.2) is 24.3 Å². The molecule has 1 aromatic heterocycles. The summed E-state index contributed by atoms with van der Waals surface area (Å²) in [4.78, 5) is 17.6. The van der Waals surface area contributed by atoms with Crippen LogP contribution >= 0.6 is 0 Å². The van der Waals surface area contributed by atoms with Crippen LogP contribution in [0.25, 0.3) is 0 Å². The number of nitrogens with two attached hydrogens (primary N) is 1. The predicted octanol–water partition coefficient (Wildman–Crippen LogP) is 0.733. The molecule has 0 atom stereocenters. The van der Waals surface area contributed by atoms with Crippen molar-refractivity contribution in [2.45, 2.75) is 13.5 Å². The number of nitrogen functional groups attached to an aromatic ring is 1. The quantitative estimate of drug-likeness (QED) is 0.784. The van der Waals surface area contributed by atoms with Crippen LogP contribution in [-0.4, -0.2) is 39.6 Å². The number of anilines is 1. The molecule has 106 valence electrons. The van der Waals surface area contributed by atoms with Crippen molar-refractivity contribution in [2.75, 3.05) is 19.4 Å². The summed E-state index contributed by atoms with van der Waals surface area (Å²) in [5.41, 5.74) is 6.23. The minimum atomic E-state index is -0.158. The van der Waals surface area contributed by atoms with E-state index < -0.39 is 0 Å². The third-order valence-electron chi connectivity index (χ3n) is 2.67. The minimum absolute atomic E-state index is 0.0522. The molecule has 1 amide bonds. The first kappa shape index (κ1) is 13.9. The van der Waals surface area contributed by atoms with E-state index in [0.29, 0.717) is 23.8 Å². The summed E-state index contributed by atoms with van der Waals surface area (Å²) in [5.74, 6) is 1.70. The zero-order valence-corrected chi connectivity index (χ0v) is 11.5. The maximum absolute atomic E-state index is 11.9. The van der Waals surface area contributed by atoms with E-state index in [-0.39, 0.29) is 12.5 Å². The highest BCUT2D eigenvalue weighted by Gasteiger charge is 2.12. The monoisotopic (exact) mass is 275 g/mol. The van der Waals surface area contributed by atoms with Crippen molar-refractivity contribution in [1.82, 2.24) is 20.1 Å². The van der Waals surface area contributed by atoms with Gasteiger partial charge in [0.2, 0.25) is 0 Å².